The summed E-state index contributed by atoms with van der Waals surface area (Å²) in [6.07, 6.45) is 2.24. The van der Waals surface area contributed by atoms with Gasteiger partial charge in [-0.3, -0.25) is 19.2 Å². The molecule has 11 nitrogen and oxygen atoms in total. The van der Waals surface area contributed by atoms with E-state index in [9.17, 15) is 19.2 Å². The highest BCUT2D eigenvalue weighted by atomic mass is 16.4. The van der Waals surface area contributed by atoms with Crippen LogP contribution in [0.3, 0.4) is 0 Å². The lowest BCUT2D eigenvalue weighted by atomic mass is 10.2. The van der Waals surface area contributed by atoms with Crippen molar-refractivity contribution in [3.05, 3.63) is 0 Å². The number of nitrogens with zero attached hydrogens (tertiary/aromatic N) is 4. The fourth-order valence-corrected chi connectivity index (χ4v) is 4.02. The molecule has 0 aliphatic carbocycles. The second kappa shape index (κ2) is 17.4. The first-order chi connectivity index (χ1) is 16.2. The van der Waals surface area contributed by atoms with E-state index in [0.717, 1.165) is 32.5 Å². The first kappa shape index (κ1) is 30.0. The Labute approximate surface area is 202 Å². The van der Waals surface area contributed by atoms with Crippen molar-refractivity contribution in [2.75, 3.05) is 78.5 Å². The molecule has 0 bridgehead atoms. The molecule has 1 aliphatic heterocycles. The Bertz CT molecular complexity index is 541. The minimum absolute atomic E-state index is 0.0446. The van der Waals surface area contributed by atoms with Gasteiger partial charge >= 0.3 is 17.9 Å². The maximum Gasteiger partial charge on any atom is 0.304 e. The first-order valence-electron chi connectivity index (χ1n) is 12.2. The lowest BCUT2D eigenvalue weighted by Gasteiger charge is -2.31. The van der Waals surface area contributed by atoms with Gasteiger partial charge in [-0.2, -0.15) is 0 Å². The van der Waals surface area contributed by atoms with Gasteiger partial charge in [-0.15, -0.1) is 0 Å². The van der Waals surface area contributed by atoms with Crippen LogP contribution in [0.1, 0.15) is 45.4 Å². The molecule has 0 atom stereocenters. The molecule has 0 aromatic rings. The summed E-state index contributed by atoms with van der Waals surface area (Å²) in [7, 11) is 0. The third kappa shape index (κ3) is 15.7. The summed E-state index contributed by atoms with van der Waals surface area (Å²) < 4.78 is 0. The molecular weight excluding hydrogens is 444 g/mol. The third-order valence-corrected chi connectivity index (χ3v) is 6.07. The number of ketones is 1. The molecule has 0 aromatic carbocycles. The summed E-state index contributed by atoms with van der Waals surface area (Å²) in [5.41, 5.74) is 0. The summed E-state index contributed by atoms with van der Waals surface area (Å²) in [6.45, 7) is 9.17. The van der Waals surface area contributed by atoms with E-state index < -0.39 is 17.9 Å². The van der Waals surface area contributed by atoms with Crippen LogP contribution < -0.4 is 0 Å². The van der Waals surface area contributed by atoms with Crippen molar-refractivity contribution in [2.45, 2.75) is 45.4 Å². The summed E-state index contributed by atoms with van der Waals surface area (Å²) in [6, 6.07) is 0. The average molecular weight is 487 g/mol. The summed E-state index contributed by atoms with van der Waals surface area (Å²) >= 11 is 0. The highest BCUT2D eigenvalue weighted by Gasteiger charge is 2.16. The predicted molar refractivity (Wildman–Crippen MR) is 127 cm³/mol. The van der Waals surface area contributed by atoms with Crippen LogP contribution in [0, 0.1) is 0 Å². The molecule has 0 amide bonds. The topological polar surface area (TPSA) is 142 Å². The maximum absolute atomic E-state index is 11.5. The Morgan fingerprint density at radius 1 is 0.500 bits per heavy atom. The second-order valence-corrected chi connectivity index (χ2v) is 8.96. The van der Waals surface area contributed by atoms with Crippen molar-refractivity contribution < 1.29 is 34.5 Å². The van der Waals surface area contributed by atoms with Crippen LogP contribution in [0.25, 0.3) is 0 Å². The molecular formula is C23H42N4O7. The highest BCUT2D eigenvalue weighted by molar-refractivity contribution is 5.75. The zero-order valence-corrected chi connectivity index (χ0v) is 20.5. The molecule has 0 radical (unpaired) electrons. The minimum atomic E-state index is -0.851. The van der Waals surface area contributed by atoms with Gasteiger partial charge in [-0.1, -0.05) is 0 Å². The lowest BCUT2D eigenvalue weighted by molar-refractivity contribution is -0.138. The number of rotatable bonds is 12. The molecule has 34 heavy (non-hydrogen) atoms. The number of carboxylic acid groups (broad SMARTS) is 3. The van der Waals surface area contributed by atoms with E-state index in [1.165, 1.54) is 0 Å². The van der Waals surface area contributed by atoms with Gasteiger partial charge in [0, 0.05) is 58.8 Å². The van der Waals surface area contributed by atoms with Crippen molar-refractivity contribution >= 4 is 23.7 Å². The van der Waals surface area contributed by atoms with E-state index in [-0.39, 0.29) is 25.0 Å². The van der Waals surface area contributed by atoms with Gasteiger partial charge < -0.3 is 34.9 Å². The van der Waals surface area contributed by atoms with Crippen molar-refractivity contribution in [1.82, 2.24) is 19.6 Å². The number of carboxylic acids is 3. The van der Waals surface area contributed by atoms with E-state index in [1.54, 1.807) is 6.92 Å². The van der Waals surface area contributed by atoms with Gasteiger partial charge in [0.15, 0.2) is 0 Å². The van der Waals surface area contributed by atoms with E-state index in [4.69, 9.17) is 15.3 Å². The largest absolute Gasteiger partial charge is 0.481 e. The Morgan fingerprint density at radius 2 is 0.765 bits per heavy atom. The molecule has 1 saturated heterocycles. The molecule has 0 aromatic heterocycles. The Morgan fingerprint density at radius 3 is 1.00 bits per heavy atom. The number of Topliss-reactive ketones (excluding diaryl/α,β-unsaturated/α-hetero) is 1. The van der Waals surface area contributed by atoms with Crippen LogP contribution in [0.15, 0.2) is 0 Å². The van der Waals surface area contributed by atoms with E-state index in [2.05, 4.69) is 19.6 Å². The average Bonchev–Trinajstić information content (AvgIpc) is 2.76. The van der Waals surface area contributed by atoms with Gasteiger partial charge in [0.1, 0.15) is 5.78 Å². The summed E-state index contributed by atoms with van der Waals surface area (Å²) in [5.74, 6) is -2.40. The fourth-order valence-electron chi connectivity index (χ4n) is 4.02. The molecule has 0 unspecified atom stereocenters. The van der Waals surface area contributed by atoms with Crippen LogP contribution in [0.2, 0.25) is 0 Å². The number of carbonyl (C=O) groups excluding carboxylic acids is 1. The molecule has 3 N–H and O–H groups in total. The smallest absolute Gasteiger partial charge is 0.304 e. The zero-order valence-electron chi connectivity index (χ0n) is 20.5. The Balaban J connectivity index is 2.87. The first-order valence-corrected chi connectivity index (χ1v) is 12.2. The van der Waals surface area contributed by atoms with E-state index in [1.807, 2.05) is 0 Å². The molecule has 0 saturated carbocycles. The van der Waals surface area contributed by atoms with E-state index in [0.29, 0.717) is 65.3 Å². The van der Waals surface area contributed by atoms with Gasteiger partial charge in [-0.05, 0) is 45.9 Å². The molecule has 11 heteroatoms. The number of aliphatic carboxylic acids is 3. The number of hydrogen-bond acceptors (Lipinski definition) is 8. The van der Waals surface area contributed by atoms with Crippen molar-refractivity contribution in [1.29, 1.82) is 0 Å². The molecule has 1 fully saturated rings. The van der Waals surface area contributed by atoms with Gasteiger partial charge in [0.2, 0.25) is 0 Å². The predicted octanol–water partition coefficient (Wildman–Crippen LogP) is 0.391. The molecule has 0 spiro atoms. The van der Waals surface area contributed by atoms with Gasteiger partial charge in [0.25, 0.3) is 0 Å². The minimum Gasteiger partial charge on any atom is -0.481 e. The molecule has 196 valence electrons. The molecule has 1 aliphatic rings. The third-order valence-electron chi connectivity index (χ3n) is 6.07. The van der Waals surface area contributed by atoms with Crippen molar-refractivity contribution in [3.63, 3.8) is 0 Å². The van der Waals surface area contributed by atoms with Crippen LogP contribution in [-0.4, -0.2) is 137 Å². The maximum atomic E-state index is 11.5. The van der Waals surface area contributed by atoms with E-state index >= 15 is 0 Å². The SMILES string of the molecule is CC(=O)CCN1CCCN(CCC(=O)O)CCN(CCC(=O)O)CCCN(CCC(=O)O)CC1. The number of carbonyl (C=O) groups is 4. The van der Waals surface area contributed by atoms with Crippen molar-refractivity contribution in [2.24, 2.45) is 0 Å². The summed E-state index contributed by atoms with van der Waals surface area (Å²) in [5, 5.41) is 27.3. The standard InChI is InChI=1S/C23H42N4O7/c1-20(28)4-12-24-8-2-9-26(14-6-22(31)32)18-19-27(15-7-23(33)34)11-3-10-25(17-16-24)13-5-21(29)30/h2-19H2,1H3,(H,29,30)(H,31,32)(H,33,34). The van der Waals surface area contributed by atoms with Crippen LogP contribution >= 0.6 is 0 Å². The second-order valence-electron chi connectivity index (χ2n) is 8.96. The zero-order chi connectivity index (χ0) is 25.3. The Kier molecular flexibility index (Phi) is 15.3. The quantitative estimate of drug-likeness (QED) is 0.353. The fraction of sp³-hybridized carbons (Fsp3) is 0.826. The Hall–Kier alpha value is -2.08. The van der Waals surface area contributed by atoms with Gasteiger partial charge in [0.05, 0.1) is 19.3 Å². The van der Waals surface area contributed by atoms with Crippen LogP contribution in [0.4, 0.5) is 0 Å². The summed E-state index contributed by atoms with van der Waals surface area (Å²) in [4.78, 5) is 53.4. The van der Waals surface area contributed by atoms with Crippen molar-refractivity contribution in [3.8, 4) is 0 Å². The molecule has 1 heterocycles. The van der Waals surface area contributed by atoms with Gasteiger partial charge in [-0.25, -0.2) is 0 Å². The highest BCUT2D eigenvalue weighted by Crippen LogP contribution is 2.06. The van der Waals surface area contributed by atoms with Crippen LogP contribution in [-0.2, 0) is 19.2 Å². The number of hydrogen-bond donors (Lipinski definition) is 3. The molecule has 1 rings (SSSR count). The monoisotopic (exact) mass is 486 g/mol. The van der Waals surface area contributed by atoms with Crippen LogP contribution in [0.5, 0.6) is 0 Å². The lowest BCUT2D eigenvalue weighted by Crippen LogP contribution is -2.42. The normalized spacial score (nSPS) is 18.9.